The van der Waals surface area contributed by atoms with Gasteiger partial charge in [0.2, 0.25) is 5.89 Å². The standard InChI is InChI=1S/C18H16ClN3O3/c1-10-4-3-5-12(8-10)17-22-21-16(25-17)11(2)24-18(23)13-6-7-14(19)15(20)9-13/h3-9,11H,20H2,1-2H3. The Labute approximate surface area is 149 Å². The Morgan fingerprint density at radius 1 is 1.24 bits per heavy atom. The average Bonchev–Trinajstić information content (AvgIpc) is 3.07. The zero-order chi connectivity index (χ0) is 18.0. The molecule has 0 radical (unpaired) electrons. The van der Waals surface area contributed by atoms with E-state index in [4.69, 9.17) is 26.5 Å². The van der Waals surface area contributed by atoms with E-state index in [1.165, 1.54) is 6.07 Å². The van der Waals surface area contributed by atoms with E-state index in [1.54, 1.807) is 19.1 Å². The Bertz CT molecular complexity index is 923. The number of nitrogens with zero attached hydrogens (tertiary/aromatic N) is 2. The highest BCUT2D eigenvalue weighted by Crippen LogP contribution is 2.25. The van der Waals surface area contributed by atoms with E-state index in [9.17, 15) is 4.79 Å². The van der Waals surface area contributed by atoms with Gasteiger partial charge < -0.3 is 14.9 Å². The van der Waals surface area contributed by atoms with Crippen molar-refractivity contribution in [2.75, 3.05) is 5.73 Å². The molecule has 0 saturated heterocycles. The Hall–Kier alpha value is -2.86. The summed E-state index contributed by atoms with van der Waals surface area (Å²) in [5, 5.41) is 8.35. The molecule has 1 atom stereocenters. The molecule has 0 aliphatic rings. The zero-order valence-electron chi connectivity index (χ0n) is 13.7. The fourth-order valence-electron chi connectivity index (χ4n) is 2.24. The normalized spacial score (nSPS) is 12.0. The molecule has 2 aromatic carbocycles. The van der Waals surface area contributed by atoms with Crippen molar-refractivity contribution in [3.8, 4) is 11.5 Å². The van der Waals surface area contributed by atoms with Crippen LogP contribution < -0.4 is 5.73 Å². The van der Waals surface area contributed by atoms with Crippen molar-refractivity contribution in [2.24, 2.45) is 0 Å². The maximum atomic E-state index is 12.2. The Kier molecular flexibility index (Phi) is 4.72. The summed E-state index contributed by atoms with van der Waals surface area (Å²) in [6.45, 7) is 3.63. The molecular weight excluding hydrogens is 342 g/mol. The Morgan fingerprint density at radius 3 is 2.76 bits per heavy atom. The van der Waals surface area contributed by atoms with Gasteiger partial charge in [0.1, 0.15) is 0 Å². The van der Waals surface area contributed by atoms with Crippen LogP contribution in [0.25, 0.3) is 11.5 Å². The number of ether oxygens (including phenoxy) is 1. The second-order valence-electron chi connectivity index (χ2n) is 5.60. The number of carbonyl (C=O) groups is 1. The largest absolute Gasteiger partial charge is 0.449 e. The first-order valence-electron chi connectivity index (χ1n) is 7.60. The molecule has 1 unspecified atom stereocenters. The lowest BCUT2D eigenvalue weighted by Gasteiger charge is -2.10. The lowest BCUT2D eigenvalue weighted by molar-refractivity contribution is 0.0280. The molecule has 2 N–H and O–H groups in total. The van der Waals surface area contributed by atoms with Crippen molar-refractivity contribution in [3.05, 3.63) is 64.5 Å². The highest BCUT2D eigenvalue weighted by atomic mass is 35.5. The van der Waals surface area contributed by atoms with Gasteiger partial charge in [0.05, 0.1) is 16.3 Å². The molecule has 0 bridgehead atoms. The van der Waals surface area contributed by atoms with Crippen LogP contribution in [0.5, 0.6) is 0 Å². The van der Waals surface area contributed by atoms with Crippen molar-refractivity contribution in [1.29, 1.82) is 0 Å². The molecule has 0 saturated carbocycles. The molecule has 25 heavy (non-hydrogen) atoms. The monoisotopic (exact) mass is 357 g/mol. The van der Waals surface area contributed by atoms with Crippen LogP contribution in [0.4, 0.5) is 5.69 Å². The van der Waals surface area contributed by atoms with Gasteiger partial charge in [-0.3, -0.25) is 0 Å². The third-order valence-corrected chi connectivity index (χ3v) is 3.91. The summed E-state index contributed by atoms with van der Waals surface area (Å²) in [5.74, 6) is 0.0373. The third kappa shape index (κ3) is 3.80. The molecule has 0 aliphatic heterocycles. The van der Waals surface area contributed by atoms with E-state index in [0.717, 1.165) is 11.1 Å². The van der Waals surface area contributed by atoms with Crippen molar-refractivity contribution in [3.63, 3.8) is 0 Å². The topological polar surface area (TPSA) is 91.2 Å². The average molecular weight is 358 g/mol. The SMILES string of the molecule is Cc1cccc(-c2nnc(C(C)OC(=O)c3ccc(Cl)c(N)c3)o2)c1. The summed E-state index contributed by atoms with van der Waals surface area (Å²) in [6, 6.07) is 12.2. The van der Waals surface area contributed by atoms with Crippen molar-refractivity contribution >= 4 is 23.3 Å². The first-order valence-corrected chi connectivity index (χ1v) is 7.98. The van der Waals surface area contributed by atoms with Gasteiger partial charge in [0.15, 0.2) is 6.10 Å². The Morgan fingerprint density at radius 2 is 2.04 bits per heavy atom. The third-order valence-electron chi connectivity index (χ3n) is 3.57. The number of aromatic nitrogens is 2. The molecule has 0 amide bonds. The maximum absolute atomic E-state index is 12.2. The minimum absolute atomic E-state index is 0.215. The summed E-state index contributed by atoms with van der Waals surface area (Å²) in [5.41, 5.74) is 8.20. The number of hydrogen-bond donors (Lipinski definition) is 1. The number of nitrogen functional groups attached to an aromatic ring is 1. The second-order valence-corrected chi connectivity index (χ2v) is 6.01. The molecule has 0 fully saturated rings. The zero-order valence-corrected chi connectivity index (χ0v) is 14.4. The minimum Gasteiger partial charge on any atom is -0.449 e. The van der Waals surface area contributed by atoms with Crippen LogP contribution in [-0.4, -0.2) is 16.2 Å². The predicted octanol–water partition coefficient (Wildman–Crippen LogP) is 4.20. The molecule has 3 aromatic rings. The van der Waals surface area contributed by atoms with Gasteiger partial charge in [-0.05, 0) is 44.2 Å². The fraction of sp³-hybridized carbons (Fsp3) is 0.167. The molecule has 7 heteroatoms. The Balaban J connectivity index is 1.74. The van der Waals surface area contributed by atoms with Crippen LogP contribution in [0.15, 0.2) is 46.9 Å². The maximum Gasteiger partial charge on any atom is 0.338 e. The van der Waals surface area contributed by atoms with Crippen molar-refractivity contribution in [1.82, 2.24) is 10.2 Å². The van der Waals surface area contributed by atoms with Crippen molar-refractivity contribution < 1.29 is 13.9 Å². The van der Waals surface area contributed by atoms with E-state index in [-0.39, 0.29) is 5.89 Å². The van der Waals surface area contributed by atoms with Crippen LogP contribution in [0.1, 0.15) is 34.8 Å². The van der Waals surface area contributed by atoms with Gasteiger partial charge in [0, 0.05) is 5.56 Å². The fourth-order valence-corrected chi connectivity index (χ4v) is 2.36. The predicted molar refractivity (Wildman–Crippen MR) is 94.2 cm³/mol. The first kappa shape index (κ1) is 17.0. The van der Waals surface area contributed by atoms with E-state index in [0.29, 0.717) is 22.2 Å². The summed E-state index contributed by atoms with van der Waals surface area (Å²) in [6.07, 6.45) is -0.699. The molecular formula is C18H16ClN3O3. The molecule has 1 aromatic heterocycles. The molecule has 6 nitrogen and oxygen atoms in total. The summed E-state index contributed by atoms with van der Waals surface area (Å²) in [4.78, 5) is 12.2. The smallest absolute Gasteiger partial charge is 0.338 e. The van der Waals surface area contributed by atoms with Crippen LogP contribution in [0.2, 0.25) is 5.02 Å². The number of benzene rings is 2. The minimum atomic E-state index is -0.699. The summed E-state index contributed by atoms with van der Waals surface area (Å²) < 4.78 is 11.0. The number of rotatable bonds is 4. The lowest BCUT2D eigenvalue weighted by Crippen LogP contribution is -2.10. The first-order chi connectivity index (χ1) is 11.9. The number of aryl methyl sites for hydroxylation is 1. The molecule has 0 aliphatic carbocycles. The number of hydrogen-bond acceptors (Lipinski definition) is 6. The molecule has 3 rings (SSSR count). The van der Waals surface area contributed by atoms with E-state index < -0.39 is 12.1 Å². The van der Waals surface area contributed by atoms with Gasteiger partial charge in [-0.15, -0.1) is 10.2 Å². The summed E-state index contributed by atoms with van der Waals surface area (Å²) >= 11 is 5.85. The quantitative estimate of drug-likeness (QED) is 0.555. The number of anilines is 1. The van der Waals surface area contributed by atoms with E-state index in [2.05, 4.69) is 10.2 Å². The van der Waals surface area contributed by atoms with E-state index in [1.807, 2.05) is 31.2 Å². The van der Waals surface area contributed by atoms with Gasteiger partial charge in [-0.1, -0.05) is 29.3 Å². The van der Waals surface area contributed by atoms with Crippen LogP contribution in [0.3, 0.4) is 0 Å². The number of halogens is 1. The van der Waals surface area contributed by atoms with Crippen LogP contribution in [-0.2, 0) is 4.74 Å². The van der Waals surface area contributed by atoms with Crippen LogP contribution >= 0.6 is 11.6 Å². The van der Waals surface area contributed by atoms with Crippen molar-refractivity contribution in [2.45, 2.75) is 20.0 Å². The molecule has 0 spiro atoms. The number of carbonyl (C=O) groups excluding carboxylic acids is 1. The number of nitrogens with two attached hydrogens (primary N) is 1. The van der Waals surface area contributed by atoms with Gasteiger partial charge >= 0.3 is 5.97 Å². The molecule has 128 valence electrons. The molecule has 1 heterocycles. The van der Waals surface area contributed by atoms with E-state index >= 15 is 0 Å². The summed E-state index contributed by atoms with van der Waals surface area (Å²) in [7, 11) is 0. The lowest BCUT2D eigenvalue weighted by atomic mass is 10.1. The van der Waals surface area contributed by atoms with Crippen LogP contribution in [0, 0.1) is 6.92 Å². The van der Waals surface area contributed by atoms with Gasteiger partial charge in [0.25, 0.3) is 5.89 Å². The number of esters is 1. The highest BCUT2D eigenvalue weighted by Gasteiger charge is 2.20. The van der Waals surface area contributed by atoms with Gasteiger partial charge in [-0.25, -0.2) is 4.79 Å². The highest BCUT2D eigenvalue weighted by molar-refractivity contribution is 6.33. The van der Waals surface area contributed by atoms with Gasteiger partial charge in [-0.2, -0.15) is 0 Å². The second kappa shape index (κ2) is 6.94.